The third-order valence-electron chi connectivity index (χ3n) is 3.97. The molecule has 1 aliphatic carbocycles. The molecule has 2 aromatic rings. The van der Waals surface area contributed by atoms with Crippen molar-refractivity contribution < 1.29 is 0 Å². The van der Waals surface area contributed by atoms with E-state index in [-0.39, 0.29) is 6.04 Å². The topological polar surface area (TPSA) is 51.3 Å². The minimum absolute atomic E-state index is 0.0886. The Morgan fingerprint density at radius 1 is 1.17 bits per heavy atom. The number of aliphatic imine (C=N–C) groups is 1. The number of nitrogens with two attached hydrogens (primary N) is 1. The van der Waals surface area contributed by atoms with Crippen LogP contribution in [0.4, 0.5) is 0 Å². The molecule has 0 saturated carbocycles. The van der Waals surface area contributed by atoms with Gasteiger partial charge in [0.25, 0.3) is 0 Å². The van der Waals surface area contributed by atoms with E-state index in [2.05, 4.69) is 34.3 Å². The average Bonchev–Trinajstić information content (AvgIpc) is 2.67. The second-order valence-electron chi connectivity index (χ2n) is 5.75. The summed E-state index contributed by atoms with van der Waals surface area (Å²) in [6.07, 6.45) is 16.8. The van der Waals surface area contributed by atoms with Crippen molar-refractivity contribution in [3.05, 3.63) is 96.4 Å². The highest BCUT2D eigenvalue weighted by atomic mass is 14.8. The lowest BCUT2D eigenvalue weighted by atomic mass is 9.92. The fourth-order valence-electron chi connectivity index (χ4n) is 2.60. The molecular formula is C21H21N3. The first-order valence-corrected chi connectivity index (χ1v) is 8.13. The molecule has 0 spiro atoms. The van der Waals surface area contributed by atoms with Crippen LogP contribution < -0.4 is 5.73 Å². The van der Waals surface area contributed by atoms with Crippen molar-refractivity contribution in [2.45, 2.75) is 12.5 Å². The van der Waals surface area contributed by atoms with E-state index in [0.29, 0.717) is 5.92 Å². The number of rotatable bonds is 5. The number of hydrogen-bond donors (Lipinski definition) is 1. The van der Waals surface area contributed by atoms with Crippen LogP contribution in [0.2, 0.25) is 0 Å². The lowest BCUT2D eigenvalue weighted by Crippen LogP contribution is -2.27. The largest absolute Gasteiger partial charge is 0.324 e. The summed E-state index contributed by atoms with van der Waals surface area (Å²) < 4.78 is 0. The maximum absolute atomic E-state index is 6.40. The highest BCUT2D eigenvalue weighted by molar-refractivity contribution is 5.85. The molecule has 0 saturated heterocycles. The summed E-state index contributed by atoms with van der Waals surface area (Å²) in [5, 5.41) is 0. The van der Waals surface area contributed by atoms with Crippen LogP contribution >= 0.6 is 0 Å². The lowest BCUT2D eigenvalue weighted by Gasteiger charge is -2.18. The van der Waals surface area contributed by atoms with Gasteiger partial charge in [-0.15, -0.1) is 0 Å². The van der Waals surface area contributed by atoms with Crippen molar-refractivity contribution in [2.24, 2.45) is 16.6 Å². The van der Waals surface area contributed by atoms with Crippen LogP contribution in [0.1, 0.15) is 17.5 Å². The molecule has 1 aliphatic rings. The zero-order valence-electron chi connectivity index (χ0n) is 13.5. The minimum Gasteiger partial charge on any atom is -0.324 e. The summed E-state index contributed by atoms with van der Waals surface area (Å²) in [7, 11) is 0. The molecule has 2 atom stereocenters. The zero-order valence-corrected chi connectivity index (χ0v) is 13.5. The summed E-state index contributed by atoms with van der Waals surface area (Å²) in [4.78, 5) is 8.87. The number of benzene rings is 1. The van der Waals surface area contributed by atoms with Crippen molar-refractivity contribution in [1.82, 2.24) is 4.98 Å². The van der Waals surface area contributed by atoms with Gasteiger partial charge in [-0.2, -0.15) is 0 Å². The summed E-state index contributed by atoms with van der Waals surface area (Å²) in [6.45, 7) is 0. The molecule has 0 fully saturated rings. The first kappa shape index (κ1) is 16.1. The lowest BCUT2D eigenvalue weighted by molar-refractivity contribution is 0.580. The molecule has 0 amide bonds. The van der Waals surface area contributed by atoms with Gasteiger partial charge >= 0.3 is 0 Å². The van der Waals surface area contributed by atoms with Crippen LogP contribution in [0.5, 0.6) is 0 Å². The average molecular weight is 315 g/mol. The smallest absolute Gasteiger partial charge is 0.0693 e. The molecule has 2 unspecified atom stereocenters. The second-order valence-corrected chi connectivity index (χ2v) is 5.75. The maximum Gasteiger partial charge on any atom is 0.0693 e. The van der Waals surface area contributed by atoms with Crippen LogP contribution in [0.3, 0.4) is 0 Å². The number of aromatic nitrogens is 1. The van der Waals surface area contributed by atoms with Crippen molar-refractivity contribution in [1.29, 1.82) is 0 Å². The minimum atomic E-state index is -0.0886. The van der Waals surface area contributed by atoms with Crippen LogP contribution in [0, 0.1) is 5.92 Å². The Morgan fingerprint density at radius 3 is 2.75 bits per heavy atom. The predicted octanol–water partition coefficient (Wildman–Crippen LogP) is 4.00. The van der Waals surface area contributed by atoms with Gasteiger partial charge in [0.05, 0.1) is 5.70 Å². The van der Waals surface area contributed by atoms with E-state index in [1.165, 1.54) is 0 Å². The van der Waals surface area contributed by atoms with Gasteiger partial charge in [0.2, 0.25) is 0 Å². The van der Waals surface area contributed by atoms with Gasteiger partial charge in [0.1, 0.15) is 0 Å². The fraction of sp³-hybridized carbons (Fsp3) is 0.143. The van der Waals surface area contributed by atoms with Gasteiger partial charge in [-0.1, -0.05) is 54.6 Å². The molecule has 3 heteroatoms. The fourth-order valence-corrected chi connectivity index (χ4v) is 2.60. The number of pyridine rings is 1. The van der Waals surface area contributed by atoms with Crippen molar-refractivity contribution in [2.75, 3.05) is 0 Å². The number of nitrogens with zero attached hydrogens (tertiary/aromatic N) is 2. The molecule has 120 valence electrons. The molecule has 1 aromatic carbocycles. The van der Waals surface area contributed by atoms with E-state index in [0.717, 1.165) is 23.2 Å². The highest BCUT2D eigenvalue weighted by Gasteiger charge is 2.14. The normalized spacial score (nSPS) is 18.9. The van der Waals surface area contributed by atoms with Crippen LogP contribution in [0.25, 0.3) is 5.70 Å². The Bertz CT molecular complexity index is 758. The summed E-state index contributed by atoms with van der Waals surface area (Å²) in [5.41, 5.74) is 9.27. The molecule has 1 aromatic heterocycles. The van der Waals surface area contributed by atoms with Crippen LogP contribution in [-0.4, -0.2) is 17.2 Å². The van der Waals surface area contributed by atoms with Crippen LogP contribution in [-0.2, 0) is 0 Å². The van der Waals surface area contributed by atoms with E-state index in [4.69, 9.17) is 5.73 Å². The van der Waals surface area contributed by atoms with Gasteiger partial charge in [-0.25, -0.2) is 0 Å². The van der Waals surface area contributed by atoms with Crippen molar-refractivity contribution in [3.63, 3.8) is 0 Å². The molecule has 0 bridgehead atoms. The van der Waals surface area contributed by atoms with E-state index >= 15 is 0 Å². The summed E-state index contributed by atoms with van der Waals surface area (Å²) >= 11 is 0. The van der Waals surface area contributed by atoms with Gasteiger partial charge < -0.3 is 5.73 Å². The van der Waals surface area contributed by atoms with Crippen molar-refractivity contribution >= 4 is 11.9 Å². The molecule has 3 nitrogen and oxygen atoms in total. The van der Waals surface area contributed by atoms with Gasteiger partial charge in [-0.05, 0) is 36.1 Å². The second kappa shape index (κ2) is 8.18. The Balaban J connectivity index is 1.87. The zero-order chi connectivity index (χ0) is 16.6. The van der Waals surface area contributed by atoms with E-state index in [1.54, 1.807) is 6.20 Å². The molecular weight excluding hydrogens is 294 g/mol. The molecule has 0 radical (unpaired) electrons. The Morgan fingerprint density at radius 2 is 2.04 bits per heavy atom. The monoisotopic (exact) mass is 315 g/mol. The van der Waals surface area contributed by atoms with E-state index in [1.807, 2.05) is 61.0 Å². The molecule has 0 aliphatic heterocycles. The maximum atomic E-state index is 6.40. The van der Waals surface area contributed by atoms with Gasteiger partial charge in [0.15, 0.2) is 0 Å². The summed E-state index contributed by atoms with van der Waals surface area (Å²) in [6, 6.07) is 13.9. The van der Waals surface area contributed by atoms with Crippen LogP contribution in [0.15, 0.2) is 90.2 Å². The third-order valence-corrected chi connectivity index (χ3v) is 3.97. The number of hydrogen-bond acceptors (Lipinski definition) is 3. The van der Waals surface area contributed by atoms with Crippen molar-refractivity contribution in [3.8, 4) is 0 Å². The standard InChI is InChI=1S/C21H21N3/c22-20(18-10-5-2-6-11-18)14-21(19-12-7-13-23-16-19)24-15-17-8-3-1-4-9-17/h1-10,12-16,18,20H,11,22H2/b21-14-,24-15+. The Kier molecular flexibility index (Phi) is 5.48. The molecule has 1 heterocycles. The molecule has 24 heavy (non-hydrogen) atoms. The third kappa shape index (κ3) is 4.37. The SMILES string of the molecule is NC(/C=C(\N=C\c1ccccc1)c1cccnc1)C1C=CC=CC1. The Hall–Kier alpha value is -2.78. The number of allylic oxidation sites excluding steroid dienone is 3. The van der Waals surface area contributed by atoms with E-state index < -0.39 is 0 Å². The predicted molar refractivity (Wildman–Crippen MR) is 101 cm³/mol. The highest BCUT2D eigenvalue weighted by Crippen LogP contribution is 2.21. The Labute approximate surface area is 143 Å². The molecule has 2 N–H and O–H groups in total. The molecule has 3 rings (SSSR count). The first-order chi connectivity index (χ1) is 11.8. The summed E-state index contributed by atoms with van der Waals surface area (Å²) in [5.74, 6) is 0.300. The van der Waals surface area contributed by atoms with E-state index in [9.17, 15) is 0 Å². The van der Waals surface area contributed by atoms with Gasteiger partial charge in [-0.3, -0.25) is 9.98 Å². The quantitative estimate of drug-likeness (QED) is 0.848. The first-order valence-electron chi connectivity index (χ1n) is 8.13. The van der Waals surface area contributed by atoms with Gasteiger partial charge in [0, 0.05) is 30.2 Å².